The van der Waals surface area contributed by atoms with E-state index in [2.05, 4.69) is 28.3 Å². The van der Waals surface area contributed by atoms with Crippen LogP contribution in [-0.2, 0) is 0 Å². The molecule has 3 heteroatoms. The monoisotopic (exact) mass is 215 g/mol. The minimum Gasteiger partial charge on any atom is -0.276 e. The standard InChI is InChI=1S/C13H17N3/c1-3-10-16(11-4-2)12-14-15-13-8-6-5-7-9-13/h3-9H,1-2,10-12H2. The highest BCUT2D eigenvalue weighted by atomic mass is 15.3. The van der Waals surface area contributed by atoms with Crippen molar-refractivity contribution >= 4 is 5.69 Å². The number of benzene rings is 1. The molecule has 0 saturated heterocycles. The Morgan fingerprint density at radius 2 is 1.69 bits per heavy atom. The van der Waals surface area contributed by atoms with Gasteiger partial charge in [-0.2, -0.15) is 10.2 Å². The summed E-state index contributed by atoms with van der Waals surface area (Å²) in [6.45, 7) is 9.55. The first-order chi connectivity index (χ1) is 7.86. The van der Waals surface area contributed by atoms with Crippen LogP contribution in [0.2, 0.25) is 0 Å². The average molecular weight is 215 g/mol. The van der Waals surface area contributed by atoms with Crippen molar-refractivity contribution in [2.45, 2.75) is 0 Å². The first kappa shape index (κ1) is 12.3. The minimum absolute atomic E-state index is 0.562. The maximum absolute atomic E-state index is 4.13. The highest BCUT2D eigenvalue weighted by molar-refractivity contribution is 5.34. The van der Waals surface area contributed by atoms with Gasteiger partial charge in [0.1, 0.15) is 6.67 Å². The molecule has 3 nitrogen and oxygen atoms in total. The van der Waals surface area contributed by atoms with Crippen LogP contribution in [0.4, 0.5) is 5.69 Å². The summed E-state index contributed by atoms with van der Waals surface area (Å²) in [6.07, 6.45) is 3.70. The summed E-state index contributed by atoms with van der Waals surface area (Å²) in [5.41, 5.74) is 0.875. The van der Waals surface area contributed by atoms with Crippen LogP contribution in [0.3, 0.4) is 0 Å². The van der Waals surface area contributed by atoms with Gasteiger partial charge in [-0.15, -0.1) is 13.2 Å². The molecule has 1 aromatic rings. The van der Waals surface area contributed by atoms with Gasteiger partial charge in [0.15, 0.2) is 0 Å². The van der Waals surface area contributed by atoms with Crippen LogP contribution in [0.1, 0.15) is 0 Å². The van der Waals surface area contributed by atoms with E-state index in [1.54, 1.807) is 0 Å². The summed E-state index contributed by atoms with van der Waals surface area (Å²) in [5.74, 6) is 0. The lowest BCUT2D eigenvalue weighted by Gasteiger charge is -2.14. The largest absolute Gasteiger partial charge is 0.276 e. The van der Waals surface area contributed by atoms with E-state index in [1.165, 1.54) is 0 Å². The fourth-order valence-corrected chi connectivity index (χ4v) is 1.25. The number of rotatable bonds is 7. The van der Waals surface area contributed by atoms with Gasteiger partial charge in [-0.3, -0.25) is 4.90 Å². The number of hydrogen-bond donors (Lipinski definition) is 0. The number of azo groups is 1. The Balaban J connectivity index is 2.44. The highest BCUT2D eigenvalue weighted by Crippen LogP contribution is 2.09. The van der Waals surface area contributed by atoms with Gasteiger partial charge in [-0.25, -0.2) is 0 Å². The Morgan fingerprint density at radius 3 is 2.25 bits per heavy atom. The molecule has 0 unspecified atom stereocenters. The molecule has 0 N–H and O–H groups in total. The van der Waals surface area contributed by atoms with Gasteiger partial charge in [0, 0.05) is 13.1 Å². The minimum atomic E-state index is 0.562. The first-order valence-corrected chi connectivity index (χ1v) is 5.23. The van der Waals surface area contributed by atoms with Crippen molar-refractivity contribution in [3.8, 4) is 0 Å². The van der Waals surface area contributed by atoms with E-state index >= 15 is 0 Å². The van der Waals surface area contributed by atoms with E-state index < -0.39 is 0 Å². The van der Waals surface area contributed by atoms with Crippen molar-refractivity contribution in [1.82, 2.24) is 4.90 Å². The second kappa shape index (κ2) is 7.54. The lowest BCUT2D eigenvalue weighted by Crippen LogP contribution is -2.23. The highest BCUT2D eigenvalue weighted by Gasteiger charge is 1.97. The molecular weight excluding hydrogens is 198 g/mol. The molecule has 0 amide bonds. The summed E-state index contributed by atoms with van der Waals surface area (Å²) in [6, 6.07) is 9.70. The predicted molar refractivity (Wildman–Crippen MR) is 67.8 cm³/mol. The van der Waals surface area contributed by atoms with Gasteiger partial charge < -0.3 is 0 Å². The van der Waals surface area contributed by atoms with Crippen molar-refractivity contribution in [2.75, 3.05) is 19.8 Å². The molecule has 0 heterocycles. The quantitative estimate of drug-likeness (QED) is 0.506. The Bertz CT molecular complexity index is 333. The molecule has 0 aliphatic heterocycles. The summed E-state index contributed by atoms with van der Waals surface area (Å²) >= 11 is 0. The van der Waals surface area contributed by atoms with E-state index in [0.717, 1.165) is 18.8 Å². The normalized spacial score (nSPS) is 10.8. The summed E-state index contributed by atoms with van der Waals surface area (Å²) < 4.78 is 0. The zero-order chi connectivity index (χ0) is 11.6. The average Bonchev–Trinajstić information content (AvgIpc) is 2.31. The number of nitrogens with zero attached hydrogens (tertiary/aromatic N) is 3. The van der Waals surface area contributed by atoms with Crippen molar-refractivity contribution in [2.24, 2.45) is 10.2 Å². The van der Waals surface area contributed by atoms with E-state index in [4.69, 9.17) is 0 Å². The van der Waals surface area contributed by atoms with Crippen LogP contribution in [0.15, 0.2) is 65.9 Å². The van der Waals surface area contributed by atoms with Crippen molar-refractivity contribution in [3.63, 3.8) is 0 Å². The summed E-state index contributed by atoms with van der Waals surface area (Å²) in [5, 5.41) is 8.26. The SMILES string of the molecule is C=CCN(CC=C)CN=Nc1ccccc1. The third-order valence-corrected chi connectivity index (χ3v) is 1.98. The summed E-state index contributed by atoms with van der Waals surface area (Å²) in [4.78, 5) is 2.09. The van der Waals surface area contributed by atoms with E-state index in [1.807, 2.05) is 42.5 Å². The van der Waals surface area contributed by atoms with Crippen LogP contribution in [0.25, 0.3) is 0 Å². The third-order valence-electron chi connectivity index (χ3n) is 1.98. The molecule has 0 atom stereocenters. The van der Waals surface area contributed by atoms with E-state index in [0.29, 0.717) is 6.67 Å². The lowest BCUT2D eigenvalue weighted by atomic mass is 10.3. The maximum atomic E-state index is 4.13. The Labute approximate surface area is 96.8 Å². The van der Waals surface area contributed by atoms with Gasteiger partial charge >= 0.3 is 0 Å². The Kier molecular flexibility index (Phi) is 5.81. The van der Waals surface area contributed by atoms with Gasteiger partial charge in [0.2, 0.25) is 0 Å². The van der Waals surface area contributed by atoms with Crippen molar-refractivity contribution < 1.29 is 0 Å². The smallest absolute Gasteiger partial charge is 0.113 e. The van der Waals surface area contributed by atoms with Gasteiger partial charge in [-0.1, -0.05) is 30.4 Å². The molecule has 0 bridgehead atoms. The molecule has 16 heavy (non-hydrogen) atoms. The lowest BCUT2D eigenvalue weighted by molar-refractivity contribution is 0.341. The molecule has 0 radical (unpaired) electrons. The number of hydrogen-bond acceptors (Lipinski definition) is 3. The second-order valence-corrected chi connectivity index (χ2v) is 3.33. The van der Waals surface area contributed by atoms with Crippen LogP contribution < -0.4 is 0 Å². The van der Waals surface area contributed by atoms with Gasteiger partial charge in [-0.05, 0) is 12.1 Å². The Hall–Kier alpha value is -1.74. The predicted octanol–water partition coefficient (Wildman–Crippen LogP) is 3.40. The zero-order valence-electron chi connectivity index (χ0n) is 9.42. The molecule has 1 aromatic carbocycles. The second-order valence-electron chi connectivity index (χ2n) is 3.33. The molecule has 0 saturated carbocycles. The molecule has 0 aromatic heterocycles. The van der Waals surface area contributed by atoms with Crippen LogP contribution in [-0.4, -0.2) is 24.7 Å². The molecule has 0 aliphatic rings. The fraction of sp³-hybridized carbons (Fsp3) is 0.231. The van der Waals surface area contributed by atoms with Crippen LogP contribution in [0.5, 0.6) is 0 Å². The molecule has 0 spiro atoms. The summed E-state index contributed by atoms with van der Waals surface area (Å²) in [7, 11) is 0. The first-order valence-electron chi connectivity index (χ1n) is 5.23. The third kappa shape index (κ3) is 4.66. The van der Waals surface area contributed by atoms with Gasteiger partial charge in [0.05, 0.1) is 5.69 Å². The maximum Gasteiger partial charge on any atom is 0.113 e. The molecule has 0 fully saturated rings. The topological polar surface area (TPSA) is 28.0 Å². The van der Waals surface area contributed by atoms with Crippen molar-refractivity contribution in [3.05, 3.63) is 55.6 Å². The van der Waals surface area contributed by atoms with Gasteiger partial charge in [0.25, 0.3) is 0 Å². The van der Waals surface area contributed by atoms with Crippen molar-refractivity contribution in [1.29, 1.82) is 0 Å². The molecule has 1 rings (SSSR count). The van der Waals surface area contributed by atoms with Crippen LogP contribution >= 0.6 is 0 Å². The Morgan fingerprint density at radius 1 is 1.06 bits per heavy atom. The fourth-order valence-electron chi connectivity index (χ4n) is 1.25. The molecular formula is C13H17N3. The van der Waals surface area contributed by atoms with E-state index in [-0.39, 0.29) is 0 Å². The van der Waals surface area contributed by atoms with Crippen LogP contribution in [0, 0.1) is 0 Å². The van der Waals surface area contributed by atoms with E-state index in [9.17, 15) is 0 Å². The molecule has 84 valence electrons. The zero-order valence-corrected chi connectivity index (χ0v) is 9.42. The molecule has 0 aliphatic carbocycles.